The van der Waals surface area contributed by atoms with Crippen molar-refractivity contribution in [3.8, 4) is 0 Å². The Morgan fingerprint density at radius 1 is 1.07 bits per heavy atom. The minimum Gasteiger partial charge on any atom is -0.369 e. The van der Waals surface area contributed by atoms with Crippen LogP contribution in [0.15, 0.2) is 53.5 Å². The summed E-state index contributed by atoms with van der Waals surface area (Å²) in [4.78, 5) is 6.68. The number of hydrogen-bond acceptors (Lipinski definition) is 4. The van der Waals surface area contributed by atoms with Crippen LogP contribution in [0.5, 0.6) is 0 Å². The Morgan fingerprint density at radius 2 is 1.70 bits per heavy atom. The molecule has 2 atom stereocenters. The first-order valence-corrected chi connectivity index (χ1v) is 10.1. The lowest BCUT2D eigenvalue weighted by Crippen LogP contribution is -2.52. The van der Waals surface area contributed by atoms with E-state index in [4.69, 9.17) is 11.6 Å². The molecule has 27 heavy (non-hydrogen) atoms. The minimum atomic E-state index is -1.11. The van der Waals surface area contributed by atoms with E-state index in [-0.39, 0.29) is 28.7 Å². The lowest BCUT2D eigenvalue weighted by molar-refractivity contribution is -0.0552. The molecule has 2 aliphatic heterocycles. The maximum Gasteiger partial charge on any atom is 0.161 e. The number of aliphatic hydroxyl groups is 1. The molecule has 144 valence electrons. The van der Waals surface area contributed by atoms with E-state index < -0.39 is 5.72 Å². The zero-order chi connectivity index (χ0) is 18.1. The van der Waals surface area contributed by atoms with Crippen molar-refractivity contribution >= 4 is 45.5 Å². The lowest BCUT2D eigenvalue weighted by atomic mass is 9.82. The molecule has 0 aromatic heterocycles. The van der Waals surface area contributed by atoms with Crippen LogP contribution in [-0.4, -0.2) is 39.7 Å². The van der Waals surface area contributed by atoms with Gasteiger partial charge in [-0.25, -0.2) is 4.39 Å². The molecule has 2 aliphatic rings. The highest BCUT2D eigenvalue weighted by molar-refractivity contribution is 8.93. The molecular weight excluding hydrogens is 451 g/mol. The number of aliphatic imine (C=N–C) groups is 1. The van der Waals surface area contributed by atoms with Gasteiger partial charge in [0.1, 0.15) is 5.82 Å². The topological polar surface area (TPSA) is 35.8 Å². The van der Waals surface area contributed by atoms with Crippen LogP contribution >= 0.6 is 40.3 Å². The number of fused-ring (bicyclic) bond motifs is 1. The van der Waals surface area contributed by atoms with Gasteiger partial charge in [-0.3, -0.25) is 4.99 Å². The number of halogens is 3. The predicted molar refractivity (Wildman–Crippen MR) is 116 cm³/mol. The number of nitrogens with zero attached hydrogens (tertiary/aromatic N) is 2. The van der Waals surface area contributed by atoms with Gasteiger partial charge in [-0.2, -0.15) is 0 Å². The molecule has 1 saturated heterocycles. The number of benzene rings is 2. The monoisotopic (exact) mass is 470 g/mol. The van der Waals surface area contributed by atoms with Crippen molar-refractivity contribution in [2.75, 3.05) is 18.8 Å². The molecule has 2 aromatic rings. The van der Waals surface area contributed by atoms with E-state index in [1.54, 1.807) is 23.9 Å². The summed E-state index contributed by atoms with van der Waals surface area (Å²) in [6.07, 6.45) is 2.02. The van der Waals surface area contributed by atoms with Crippen LogP contribution in [0, 0.1) is 5.82 Å². The second kappa shape index (κ2) is 8.52. The standard InChI is InChI=1S/C20H20ClFN2OS.BrH/c21-16-7-3-14(4-8-16)18(15-5-9-17(22)10-6-15)20(25)13-26-19-23-11-1-2-12-24(19)20;/h3-10,18,25H,1-2,11-13H2;1H. The first kappa shape index (κ1) is 20.6. The van der Waals surface area contributed by atoms with Crippen molar-refractivity contribution < 1.29 is 9.50 Å². The van der Waals surface area contributed by atoms with Gasteiger partial charge in [0.2, 0.25) is 0 Å². The molecular formula is C20H21BrClFN2OS. The van der Waals surface area contributed by atoms with E-state index in [0.29, 0.717) is 10.8 Å². The van der Waals surface area contributed by atoms with E-state index >= 15 is 0 Å². The maximum absolute atomic E-state index is 13.5. The summed E-state index contributed by atoms with van der Waals surface area (Å²) in [5, 5.41) is 13.4. The molecule has 0 spiro atoms. The van der Waals surface area contributed by atoms with Crippen LogP contribution in [0.2, 0.25) is 5.02 Å². The molecule has 4 rings (SSSR count). The zero-order valence-corrected chi connectivity index (χ0v) is 17.9. The molecule has 2 heterocycles. The van der Waals surface area contributed by atoms with Gasteiger partial charge in [0, 0.05) is 23.9 Å². The first-order valence-electron chi connectivity index (χ1n) is 8.76. The van der Waals surface area contributed by atoms with Gasteiger partial charge in [-0.15, -0.1) is 17.0 Å². The number of rotatable bonds is 3. The molecule has 1 N–H and O–H groups in total. The van der Waals surface area contributed by atoms with Crippen LogP contribution in [-0.2, 0) is 0 Å². The Morgan fingerprint density at radius 3 is 2.37 bits per heavy atom. The van der Waals surface area contributed by atoms with Crippen molar-refractivity contribution in [3.05, 3.63) is 70.5 Å². The minimum absolute atomic E-state index is 0. The smallest absolute Gasteiger partial charge is 0.161 e. The number of thioether (sulfide) groups is 1. The molecule has 7 heteroatoms. The fourth-order valence-electron chi connectivity index (χ4n) is 3.74. The molecule has 0 radical (unpaired) electrons. The van der Waals surface area contributed by atoms with Crippen LogP contribution in [0.3, 0.4) is 0 Å². The van der Waals surface area contributed by atoms with Crippen molar-refractivity contribution in [3.63, 3.8) is 0 Å². The quantitative estimate of drug-likeness (QED) is 0.678. The average molecular weight is 472 g/mol. The van der Waals surface area contributed by atoms with Crippen molar-refractivity contribution in [2.45, 2.75) is 24.5 Å². The highest BCUT2D eigenvalue weighted by atomic mass is 79.9. The molecule has 0 saturated carbocycles. The summed E-state index contributed by atoms with van der Waals surface area (Å²) >= 11 is 7.66. The Hall–Kier alpha value is -1.08. The van der Waals surface area contributed by atoms with Gasteiger partial charge in [0.05, 0.1) is 5.92 Å². The zero-order valence-electron chi connectivity index (χ0n) is 14.6. The fourth-order valence-corrected chi connectivity index (χ4v) is 5.12. The van der Waals surface area contributed by atoms with E-state index in [9.17, 15) is 9.50 Å². The van der Waals surface area contributed by atoms with Gasteiger partial charge in [-0.1, -0.05) is 47.6 Å². The SMILES string of the molecule is Br.OC1(C(c2ccc(F)cc2)c2ccc(Cl)cc2)CSC2=NCCCCN21. The third-order valence-electron chi connectivity index (χ3n) is 5.02. The summed E-state index contributed by atoms with van der Waals surface area (Å²) in [5.74, 6) is -0.0802. The maximum atomic E-state index is 13.5. The lowest BCUT2D eigenvalue weighted by Gasteiger charge is -2.40. The molecule has 0 bridgehead atoms. The molecule has 0 aliphatic carbocycles. The van der Waals surface area contributed by atoms with E-state index in [2.05, 4.69) is 4.99 Å². The number of hydrogen-bond donors (Lipinski definition) is 1. The summed E-state index contributed by atoms with van der Waals surface area (Å²) in [6.45, 7) is 1.57. The third-order valence-corrected chi connectivity index (χ3v) is 6.45. The second-order valence-corrected chi connectivity index (χ2v) is 8.11. The fraction of sp³-hybridized carbons (Fsp3) is 0.350. The molecule has 1 fully saturated rings. The van der Waals surface area contributed by atoms with Crippen molar-refractivity contribution in [2.24, 2.45) is 4.99 Å². The van der Waals surface area contributed by atoms with Crippen molar-refractivity contribution in [1.29, 1.82) is 0 Å². The van der Waals surface area contributed by atoms with Crippen LogP contribution < -0.4 is 0 Å². The summed E-state index contributed by atoms with van der Waals surface area (Å²) in [5.41, 5.74) is 0.719. The molecule has 2 unspecified atom stereocenters. The van der Waals surface area contributed by atoms with Crippen LogP contribution in [0.25, 0.3) is 0 Å². The normalized spacial score (nSPS) is 23.1. The van der Waals surface area contributed by atoms with E-state index in [1.807, 2.05) is 29.2 Å². The first-order chi connectivity index (χ1) is 12.6. The number of amidine groups is 1. The van der Waals surface area contributed by atoms with Gasteiger partial charge < -0.3 is 10.0 Å². The van der Waals surface area contributed by atoms with Gasteiger partial charge in [0.25, 0.3) is 0 Å². The summed E-state index contributed by atoms with van der Waals surface area (Å²) < 4.78 is 13.5. The molecule has 3 nitrogen and oxygen atoms in total. The van der Waals surface area contributed by atoms with Gasteiger partial charge >= 0.3 is 0 Å². The Kier molecular flexibility index (Phi) is 6.51. The van der Waals surface area contributed by atoms with Gasteiger partial charge in [-0.05, 0) is 48.2 Å². The van der Waals surface area contributed by atoms with Gasteiger partial charge in [0.15, 0.2) is 10.9 Å². The Bertz CT molecular complexity index is 772. The predicted octanol–water partition coefficient (Wildman–Crippen LogP) is 5.08. The summed E-state index contributed by atoms with van der Waals surface area (Å²) in [7, 11) is 0. The Balaban J connectivity index is 0.00000210. The highest BCUT2D eigenvalue weighted by Crippen LogP contribution is 2.45. The third kappa shape index (κ3) is 4.04. The molecule has 2 aromatic carbocycles. The van der Waals surface area contributed by atoms with Crippen LogP contribution in [0.1, 0.15) is 29.9 Å². The van der Waals surface area contributed by atoms with E-state index in [0.717, 1.165) is 42.2 Å². The van der Waals surface area contributed by atoms with E-state index in [1.165, 1.54) is 12.1 Å². The second-order valence-electron chi connectivity index (χ2n) is 6.73. The molecule has 0 amide bonds. The van der Waals surface area contributed by atoms with Crippen molar-refractivity contribution in [1.82, 2.24) is 4.90 Å². The largest absolute Gasteiger partial charge is 0.369 e. The average Bonchev–Trinajstić information content (AvgIpc) is 2.82. The Labute approximate surface area is 178 Å². The summed E-state index contributed by atoms with van der Waals surface area (Å²) in [6, 6.07) is 13.9. The highest BCUT2D eigenvalue weighted by Gasteiger charge is 2.50. The van der Waals surface area contributed by atoms with Crippen LogP contribution in [0.4, 0.5) is 4.39 Å².